The Morgan fingerprint density at radius 2 is 1.84 bits per heavy atom. The lowest BCUT2D eigenvalue weighted by Crippen LogP contribution is -2.39. The van der Waals surface area contributed by atoms with Crippen LogP contribution in [0.2, 0.25) is 0 Å². The van der Waals surface area contributed by atoms with Gasteiger partial charge in [-0.2, -0.15) is 13.2 Å². The predicted molar refractivity (Wildman–Crippen MR) is 107 cm³/mol. The summed E-state index contributed by atoms with van der Waals surface area (Å²) in [6.07, 6.45) is 3.83. The van der Waals surface area contributed by atoms with Gasteiger partial charge in [0.05, 0.1) is 7.11 Å². The molecule has 1 amide bonds. The van der Waals surface area contributed by atoms with Crippen molar-refractivity contribution in [3.8, 4) is 5.75 Å². The number of ether oxygens (including phenoxy) is 1. The number of carbonyl (C=O) groups is 2. The summed E-state index contributed by atoms with van der Waals surface area (Å²) in [5, 5.41) is 12.1. The molecule has 0 bridgehead atoms. The summed E-state index contributed by atoms with van der Waals surface area (Å²) in [6.45, 7) is 0. The summed E-state index contributed by atoms with van der Waals surface area (Å²) in [7, 11) is 1.63. The molecule has 1 aromatic carbocycles. The third-order valence-corrected chi connectivity index (χ3v) is 6.05. The molecule has 0 radical (unpaired) electrons. The van der Waals surface area contributed by atoms with Crippen LogP contribution < -0.4 is 15.8 Å². The topological polar surface area (TPSA) is 115 Å². The largest absolute Gasteiger partial charge is 0.496 e. The molecule has 2 fully saturated rings. The number of methoxy groups -OCH3 is 1. The van der Waals surface area contributed by atoms with Gasteiger partial charge in [-0.05, 0) is 55.7 Å². The number of pyridine rings is 1. The second-order valence-corrected chi connectivity index (χ2v) is 7.96. The first-order valence-electron chi connectivity index (χ1n) is 9.85. The van der Waals surface area contributed by atoms with Crippen molar-refractivity contribution >= 4 is 22.6 Å². The van der Waals surface area contributed by atoms with Crippen molar-refractivity contribution in [3.05, 3.63) is 36.2 Å². The third-order valence-electron chi connectivity index (χ3n) is 6.05. The highest BCUT2D eigenvalue weighted by Gasteiger charge is 2.52. The molecule has 1 aromatic heterocycles. The fourth-order valence-electron chi connectivity index (χ4n) is 4.09. The van der Waals surface area contributed by atoms with Crippen molar-refractivity contribution in [2.45, 2.75) is 50.4 Å². The number of carboxylic acid groups (broad SMARTS) is 1. The lowest BCUT2D eigenvalue weighted by atomic mass is 9.82. The summed E-state index contributed by atoms with van der Waals surface area (Å²) >= 11 is 0. The van der Waals surface area contributed by atoms with Crippen LogP contribution in [0.15, 0.2) is 30.6 Å². The van der Waals surface area contributed by atoms with E-state index in [9.17, 15) is 18.0 Å². The average molecular weight is 439 g/mol. The number of hydrogen-bond acceptors (Lipinski definition) is 5. The van der Waals surface area contributed by atoms with Crippen LogP contribution in [0.3, 0.4) is 0 Å². The first-order valence-corrected chi connectivity index (χ1v) is 9.85. The zero-order valence-corrected chi connectivity index (χ0v) is 16.9. The molecule has 2 aliphatic carbocycles. The standard InChI is InChI=1S/C19H23N3O2.C2HF3O2/c1-24-16-3-2-14(13-6-9-21-11-15(13)16)18(23)22-12-4-7-19(8-5-12)10-17(19)20;3-2(4,5)1(6)7/h2-3,6,9,11-12,17H,4-5,7-8,10,20H2,1H3,(H,22,23);(H,6,7). The minimum Gasteiger partial charge on any atom is -0.496 e. The van der Waals surface area contributed by atoms with E-state index in [0.29, 0.717) is 17.0 Å². The molecule has 1 atom stereocenters. The number of aliphatic carboxylic acids is 1. The number of fused-ring (bicyclic) bond motifs is 1. The van der Waals surface area contributed by atoms with Gasteiger partial charge in [-0.15, -0.1) is 0 Å². The van der Waals surface area contributed by atoms with Gasteiger partial charge >= 0.3 is 12.1 Å². The Morgan fingerprint density at radius 1 is 1.23 bits per heavy atom. The Labute approximate surface area is 176 Å². The number of alkyl halides is 3. The van der Waals surface area contributed by atoms with Crippen LogP contribution in [-0.2, 0) is 4.79 Å². The second-order valence-electron chi connectivity index (χ2n) is 7.96. The predicted octanol–water partition coefficient (Wildman–Crippen LogP) is 3.27. The van der Waals surface area contributed by atoms with E-state index in [1.807, 2.05) is 18.2 Å². The fourth-order valence-corrected chi connectivity index (χ4v) is 4.09. The van der Waals surface area contributed by atoms with Crippen molar-refractivity contribution in [1.29, 1.82) is 0 Å². The van der Waals surface area contributed by atoms with Gasteiger partial charge in [0.25, 0.3) is 5.91 Å². The Morgan fingerprint density at radius 3 is 2.35 bits per heavy atom. The average Bonchev–Trinajstić information content (AvgIpc) is 3.36. The number of hydrogen-bond donors (Lipinski definition) is 3. The smallest absolute Gasteiger partial charge is 0.490 e. The first-order chi connectivity index (χ1) is 14.6. The number of nitrogens with zero attached hydrogens (tertiary/aromatic N) is 1. The molecule has 1 spiro atoms. The summed E-state index contributed by atoms with van der Waals surface area (Å²) in [5.41, 5.74) is 7.12. The molecule has 1 unspecified atom stereocenters. The molecule has 0 saturated heterocycles. The molecule has 0 aliphatic heterocycles. The number of benzene rings is 1. The van der Waals surface area contributed by atoms with Gasteiger partial charge in [-0.3, -0.25) is 9.78 Å². The van der Waals surface area contributed by atoms with Gasteiger partial charge in [0.15, 0.2) is 0 Å². The molecule has 4 rings (SSSR count). The molecule has 7 nitrogen and oxygen atoms in total. The number of carbonyl (C=O) groups excluding carboxylic acids is 1. The molecular formula is C21H24F3N3O4. The Balaban J connectivity index is 0.000000339. The Bertz CT molecular complexity index is 972. The normalized spacial score (nSPS) is 24.8. The van der Waals surface area contributed by atoms with Crippen molar-refractivity contribution in [2.75, 3.05) is 7.11 Å². The number of halogens is 3. The van der Waals surface area contributed by atoms with E-state index >= 15 is 0 Å². The highest BCUT2D eigenvalue weighted by atomic mass is 19.4. The molecule has 2 aliphatic rings. The van der Waals surface area contributed by atoms with Crippen LogP contribution in [0.25, 0.3) is 10.8 Å². The number of rotatable bonds is 3. The van der Waals surface area contributed by atoms with E-state index in [1.165, 1.54) is 0 Å². The van der Waals surface area contributed by atoms with E-state index < -0.39 is 12.1 Å². The van der Waals surface area contributed by atoms with E-state index in [2.05, 4.69) is 10.3 Å². The highest BCUT2D eigenvalue weighted by molar-refractivity contribution is 6.08. The number of carboxylic acids is 1. The van der Waals surface area contributed by atoms with Crippen LogP contribution in [0, 0.1) is 5.41 Å². The van der Waals surface area contributed by atoms with Gasteiger partial charge < -0.3 is 20.9 Å². The lowest BCUT2D eigenvalue weighted by Gasteiger charge is -2.29. The molecule has 31 heavy (non-hydrogen) atoms. The maximum atomic E-state index is 12.8. The number of aromatic nitrogens is 1. The van der Waals surface area contributed by atoms with Gasteiger partial charge in [0.2, 0.25) is 0 Å². The van der Waals surface area contributed by atoms with Gasteiger partial charge in [0, 0.05) is 40.8 Å². The van der Waals surface area contributed by atoms with Crippen LogP contribution in [-0.4, -0.2) is 47.3 Å². The van der Waals surface area contributed by atoms with E-state index in [-0.39, 0.29) is 11.9 Å². The highest BCUT2D eigenvalue weighted by Crippen LogP contribution is 2.55. The van der Waals surface area contributed by atoms with Crippen LogP contribution in [0.1, 0.15) is 42.5 Å². The Hall–Kier alpha value is -2.88. The maximum Gasteiger partial charge on any atom is 0.490 e. The van der Waals surface area contributed by atoms with E-state index in [4.69, 9.17) is 20.4 Å². The maximum absolute atomic E-state index is 12.8. The number of amides is 1. The minimum absolute atomic E-state index is 0.0186. The van der Waals surface area contributed by atoms with Gasteiger partial charge in [-0.25, -0.2) is 4.79 Å². The summed E-state index contributed by atoms with van der Waals surface area (Å²) in [5.74, 6) is -2.04. The molecule has 4 N–H and O–H groups in total. The van der Waals surface area contributed by atoms with Crippen LogP contribution in [0.4, 0.5) is 13.2 Å². The molecule has 2 saturated carbocycles. The van der Waals surface area contributed by atoms with E-state index in [1.54, 1.807) is 19.5 Å². The van der Waals surface area contributed by atoms with Crippen molar-refractivity contribution < 1.29 is 32.6 Å². The number of nitrogens with two attached hydrogens (primary N) is 1. The third kappa shape index (κ3) is 5.07. The molecule has 2 aromatic rings. The summed E-state index contributed by atoms with van der Waals surface area (Å²) in [6, 6.07) is 6.16. The fraction of sp³-hybridized carbons (Fsp3) is 0.476. The van der Waals surface area contributed by atoms with Gasteiger partial charge in [0.1, 0.15) is 5.75 Å². The molecule has 168 valence electrons. The van der Waals surface area contributed by atoms with Crippen molar-refractivity contribution in [3.63, 3.8) is 0 Å². The van der Waals surface area contributed by atoms with Crippen LogP contribution >= 0.6 is 0 Å². The lowest BCUT2D eigenvalue weighted by molar-refractivity contribution is -0.192. The molecular weight excluding hydrogens is 415 g/mol. The zero-order valence-electron chi connectivity index (χ0n) is 16.9. The monoisotopic (exact) mass is 439 g/mol. The zero-order chi connectivity index (χ0) is 22.8. The number of nitrogens with one attached hydrogen (secondary N) is 1. The summed E-state index contributed by atoms with van der Waals surface area (Å²) in [4.78, 5) is 25.8. The van der Waals surface area contributed by atoms with Gasteiger partial charge in [-0.1, -0.05) is 0 Å². The van der Waals surface area contributed by atoms with Crippen molar-refractivity contribution in [2.24, 2.45) is 11.1 Å². The quantitative estimate of drug-likeness (QED) is 0.676. The molecule has 1 heterocycles. The SMILES string of the molecule is COc1ccc(C(=O)NC2CCC3(CC2)CC3N)c2ccncc12.O=C(O)C(F)(F)F. The van der Waals surface area contributed by atoms with E-state index in [0.717, 1.165) is 48.6 Å². The van der Waals surface area contributed by atoms with Crippen molar-refractivity contribution in [1.82, 2.24) is 10.3 Å². The second kappa shape index (κ2) is 8.70. The van der Waals surface area contributed by atoms with Crippen LogP contribution in [0.5, 0.6) is 5.75 Å². The first kappa shape index (κ1) is 22.8. The molecule has 10 heteroatoms. The Kier molecular flexibility index (Phi) is 6.40. The minimum atomic E-state index is -5.08. The summed E-state index contributed by atoms with van der Waals surface area (Å²) < 4.78 is 37.1.